The summed E-state index contributed by atoms with van der Waals surface area (Å²) in [4.78, 5) is 7.80. The summed E-state index contributed by atoms with van der Waals surface area (Å²) in [7, 11) is 0. The zero-order valence-corrected chi connectivity index (χ0v) is 12.4. The molecule has 0 radical (unpaired) electrons. The van der Waals surface area contributed by atoms with E-state index < -0.39 is 0 Å². The molecule has 108 valence electrons. The van der Waals surface area contributed by atoms with Gasteiger partial charge in [0.1, 0.15) is 11.6 Å². The third kappa shape index (κ3) is 2.81. The monoisotopic (exact) mass is 301 g/mol. The fourth-order valence-electron chi connectivity index (χ4n) is 2.14. The van der Waals surface area contributed by atoms with Crippen LogP contribution < -0.4 is 10.5 Å². The van der Waals surface area contributed by atoms with Gasteiger partial charge < -0.3 is 15.5 Å². The highest BCUT2D eigenvalue weighted by Crippen LogP contribution is 2.30. The minimum Gasteiger partial charge on any atom is -0.492 e. The minimum absolute atomic E-state index is 0.584. The number of hydrogen-bond donors (Lipinski definition) is 2. The molecule has 21 heavy (non-hydrogen) atoms. The first-order valence-corrected chi connectivity index (χ1v) is 7.23. The normalized spacial score (nSPS) is 11.0. The third-order valence-electron chi connectivity index (χ3n) is 3.17. The van der Waals surface area contributed by atoms with Crippen LogP contribution >= 0.6 is 11.6 Å². The number of hydrogen-bond acceptors (Lipinski definition) is 3. The fourth-order valence-corrected chi connectivity index (χ4v) is 2.38. The van der Waals surface area contributed by atoms with Crippen molar-refractivity contribution in [1.82, 2.24) is 9.97 Å². The molecule has 0 atom stereocenters. The number of ether oxygens (including phenoxy) is 1. The Morgan fingerprint density at radius 2 is 2.10 bits per heavy atom. The largest absolute Gasteiger partial charge is 0.492 e. The van der Waals surface area contributed by atoms with E-state index in [1.54, 1.807) is 0 Å². The van der Waals surface area contributed by atoms with Crippen molar-refractivity contribution in [2.75, 3.05) is 12.3 Å². The smallest absolute Gasteiger partial charge is 0.138 e. The van der Waals surface area contributed by atoms with E-state index in [1.165, 1.54) is 0 Å². The summed E-state index contributed by atoms with van der Waals surface area (Å²) in [6.07, 6.45) is 0.947. The van der Waals surface area contributed by atoms with Crippen LogP contribution in [0.5, 0.6) is 5.75 Å². The lowest BCUT2D eigenvalue weighted by molar-refractivity contribution is 0.317. The van der Waals surface area contributed by atoms with Crippen molar-refractivity contribution in [3.8, 4) is 17.1 Å². The summed E-state index contributed by atoms with van der Waals surface area (Å²) in [6.45, 7) is 2.71. The molecule has 0 amide bonds. The molecule has 1 aromatic heterocycles. The molecule has 3 N–H and O–H groups in total. The van der Waals surface area contributed by atoms with E-state index >= 15 is 0 Å². The number of rotatable bonds is 4. The van der Waals surface area contributed by atoms with Crippen LogP contribution in [0.25, 0.3) is 22.4 Å². The van der Waals surface area contributed by atoms with Crippen LogP contribution in [-0.2, 0) is 0 Å². The highest BCUT2D eigenvalue weighted by molar-refractivity contribution is 6.32. The number of nitrogen functional groups attached to an aromatic ring is 1. The molecule has 4 nitrogen and oxygen atoms in total. The van der Waals surface area contributed by atoms with Gasteiger partial charge in [-0.1, -0.05) is 18.5 Å². The molecule has 2 aromatic carbocycles. The molecule has 0 unspecified atom stereocenters. The Kier molecular flexibility index (Phi) is 3.71. The molecule has 0 aliphatic heterocycles. The van der Waals surface area contributed by atoms with Gasteiger partial charge >= 0.3 is 0 Å². The van der Waals surface area contributed by atoms with Crippen LogP contribution in [0.2, 0.25) is 5.02 Å². The van der Waals surface area contributed by atoms with E-state index in [1.807, 2.05) is 36.4 Å². The minimum atomic E-state index is 0.584. The van der Waals surface area contributed by atoms with Crippen molar-refractivity contribution in [1.29, 1.82) is 0 Å². The maximum absolute atomic E-state index is 6.25. The predicted molar refractivity (Wildman–Crippen MR) is 86.7 cm³/mol. The zero-order valence-electron chi connectivity index (χ0n) is 11.7. The van der Waals surface area contributed by atoms with Gasteiger partial charge in [-0.15, -0.1) is 0 Å². The standard InChI is InChI=1S/C16H16ClN3O/c1-2-7-21-15-6-3-10(8-12(15)17)16-19-13-5-4-11(18)9-14(13)20-16/h3-6,8-9H,2,7,18H2,1H3,(H,19,20). The zero-order chi connectivity index (χ0) is 14.8. The van der Waals surface area contributed by atoms with Crippen LogP contribution in [0.4, 0.5) is 5.69 Å². The number of fused-ring (bicyclic) bond motifs is 1. The second-order valence-corrected chi connectivity index (χ2v) is 5.26. The van der Waals surface area contributed by atoms with E-state index in [-0.39, 0.29) is 0 Å². The van der Waals surface area contributed by atoms with Crippen LogP contribution in [0.3, 0.4) is 0 Å². The first-order valence-electron chi connectivity index (χ1n) is 6.85. The Morgan fingerprint density at radius 3 is 2.86 bits per heavy atom. The molecule has 3 aromatic rings. The molecule has 1 heterocycles. The van der Waals surface area contributed by atoms with Crippen molar-refractivity contribution in [2.45, 2.75) is 13.3 Å². The number of nitrogens with zero attached hydrogens (tertiary/aromatic N) is 1. The van der Waals surface area contributed by atoms with Gasteiger partial charge in [0.2, 0.25) is 0 Å². The summed E-state index contributed by atoms with van der Waals surface area (Å²) in [6, 6.07) is 11.3. The van der Waals surface area contributed by atoms with Gasteiger partial charge in [-0.2, -0.15) is 0 Å². The van der Waals surface area contributed by atoms with Crippen LogP contribution in [0.15, 0.2) is 36.4 Å². The number of halogens is 1. The van der Waals surface area contributed by atoms with Crippen LogP contribution in [0, 0.1) is 0 Å². The average Bonchev–Trinajstić information content (AvgIpc) is 2.89. The molecule has 0 bridgehead atoms. The molecule has 0 spiro atoms. The maximum atomic E-state index is 6.25. The van der Waals surface area contributed by atoms with Crippen molar-refractivity contribution in [3.05, 3.63) is 41.4 Å². The summed E-state index contributed by atoms with van der Waals surface area (Å²) >= 11 is 6.25. The molecule has 0 saturated heterocycles. The van der Waals surface area contributed by atoms with Crippen LogP contribution in [-0.4, -0.2) is 16.6 Å². The predicted octanol–water partition coefficient (Wildman–Crippen LogP) is 4.25. The quantitative estimate of drug-likeness (QED) is 0.708. The SMILES string of the molecule is CCCOc1ccc(-c2nc3ccc(N)cc3[nH]2)cc1Cl. The van der Waals surface area contributed by atoms with Gasteiger partial charge in [-0.3, -0.25) is 0 Å². The molecule has 0 fully saturated rings. The van der Waals surface area contributed by atoms with Gasteiger partial charge in [0, 0.05) is 11.3 Å². The molecule has 5 heteroatoms. The molecular weight excluding hydrogens is 286 g/mol. The van der Waals surface area contributed by atoms with E-state index in [0.29, 0.717) is 23.1 Å². The number of nitrogens with two attached hydrogens (primary N) is 1. The summed E-state index contributed by atoms with van der Waals surface area (Å²) in [5.74, 6) is 1.46. The maximum Gasteiger partial charge on any atom is 0.138 e. The number of H-pyrrole nitrogens is 1. The van der Waals surface area contributed by atoms with E-state index in [9.17, 15) is 0 Å². The van der Waals surface area contributed by atoms with Gasteiger partial charge in [0.05, 0.1) is 22.7 Å². The van der Waals surface area contributed by atoms with Crippen LogP contribution in [0.1, 0.15) is 13.3 Å². The number of nitrogens with one attached hydrogen (secondary N) is 1. The van der Waals surface area contributed by atoms with Gasteiger partial charge in [-0.05, 0) is 42.8 Å². The van der Waals surface area contributed by atoms with E-state index in [2.05, 4.69) is 16.9 Å². The van der Waals surface area contributed by atoms with Gasteiger partial charge in [-0.25, -0.2) is 4.98 Å². The molecule has 3 rings (SSSR count). The van der Waals surface area contributed by atoms with Crippen molar-refractivity contribution < 1.29 is 4.74 Å². The van der Waals surface area contributed by atoms with E-state index in [4.69, 9.17) is 22.1 Å². The van der Waals surface area contributed by atoms with Crippen molar-refractivity contribution in [3.63, 3.8) is 0 Å². The second-order valence-electron chi connectivity index (χ2n) is 4.86. The van der Waals surface area contributed by atoms with Crippen molar-refractivity contribution in [2.24, 2.45) is 0 Å². The Morgan fingerprint density at radius 1 is 1.24 bits per heavy atom. The first-order chi connectivity index (χ1) is 10.2. The van der Waals surface area contributed by atoms with E-state index in [0.717, 1.165) is 28.8 Å². The number of benzene rings is 2. The summed E-state index contributed by atoms with van der Waals surface area (Å²) in [5, 5.41) is 0.584. The van der Waals surface area contributed by atoms with Gasteiger partial charge in [0.25, 0.3) is 0 Å². The second kappa shape index (κ2) is 5.66. The highest BCUT2D eigenvalue weighted by Gasteiger charge is 2.09. The summed E-state index contributed by atoms with van der Waals surface area (Å²) in [5.41, 5.74) is 9.19. The molecule has 0 aliphatic rings. The Hall–Kier alpha value is -2.20. The topological polar surface area (TPSA) is 63.9 Å². The first kappa shape index (κ1) is 13.8. The Balaban J connectivity index is 1.96. The number of imidazole rings is 1. The lowest BCUT2D eigenvalue weighted by atomic mass is 10.2. The lowest BCUT2D eigenvalue weighted by Crippen LogP contribution is -1.95. The average molecular weight is 302 g/mol. The van der Waals surface area contributed by atoms with Crippen molar-refractivity contribution >= 4 is 28.3 Å². The third-order valence-corrected chi connectivity index (χ3v) is 3.47. The Bertz CT molecular complexity index is 782. The fraction of sp³-hybridized carbons (Fsp3) is 0.188. The number of aromatic nitrogens is 2. The summed E-state index contributed by atoms with van der Waals surface area (Å²) < 4.78 is 5.57. The highest BCUT2D eigenvalue weighted by atomic mass is 35.5. The number of aromatic amines is 1. The molecule has 0 saturated carbocycles. The lowest BCUT2D eigenvalue weighted by Gasteiger charge is -2.07. The van der Waals surface area contributed by atoms with Gasteiger partial charge in [0.15, 0.2) is 0 Å². The Labute approximate surface area is 127 Å². The molecular formula is C16H16ClN3O. The molecule has 0 aliphatic carbocycles. The number of anilines is 1.